The molecule has 4 heterocycles. The van der Waals surface area contributed by atoms with Crippen molar-refractivity contribution >= 4 is 57.3 Å². The first-order valence-corrected chi connectivity index (χ1v) is 21.8. The minimum Gasteiger partial charge on any atom is -0.391 e. The highest BCUT2D eigenvalue weighted by atomic mass is 32.1. The number of aromatic nitrogens is 3. The first-order chi connectivity index (χ1) is 29.8. The Morgan fingerprint density at radius 1 is 0.871 bits per heavy atom. The third kappa shape index (κ3) is 12.3. The highest BCUT2D eigenvalue weighted by molar-refractivity contribution is 7.14. The summed E-state index contributed by atoms with van der Waals surface area (Å²) in [7, 11) is 0. The zero-order valence-electron chi connectivity index (χ0n) is 34.9. The number of ether oxygens (including phenoxy) is 2. The van der Waals surface area contributed by atoms with Crippen LogP contribution in [0.1, 0.15) is 59.2 Å². The Bertz CT molecular complexity index is 2310. The minimum atomic E-state index is -0.995. The van der Waals surface area contributed by atoms with Crippen molar-refractivity contribution in [2.75, 3.05) is 44.8 Å². The van der Waals surface area contributed by atoms with Crippen LogP contribution in [0.15, 0.2) is 83.8 Å². The van der Waals surface area contributed by atoms with Crippen LogP contribution >= 0.6 is 22.7 Å². The quantitative estimate of drug-likeness (QED) is 0.0775. The molecule has 18 heteroatoms. The SMILES string of the molecule is Cc1ncsc1-c1ccc(CNC(=O)[C@@H]2C[C@@H](O)CN2C(=O)[C@@H](NC(=O)COCCOCCNC(=O)c2ccc(C(=O)Nc3nc(-c4ccccn4)cs3)cc2)C(C)(C)C)cc1. The molecule has 16 nitrogen and oxygen atoms in total. The van der Waals surface area contributed by atoms with E-state index in [2.05, 4.69) is 36.2 Å². The normalized spacial score (nSPS) is 15.5. The number of β-amino-alcohol motifs (C(OH)–C–C–N with tert-alkyl or cyclic N) is 1. The Hall–Kier alpha value is -5.92. The number of hydrogen-bond donors (Lipinski definition) is 5. The van der Waals surface area contributed by atoms with Crippen molar-refractivity contribution in [1.29, 1.82) is 0 Å². The van der Waals surface area contributed by atoms with Gasteiger partial charge in [-0.15, -0.1) is 22.7 Å². The van der Waals surface area contributed by atoms with Crippen LogP contribution in [0.3, 0.4) is 0 Å². The fourth-order valence-electron chi connectivity index (χ4n) is 6.61. The van der Waals surface area contributed by atoms with Crippen molar-refractivity contribution in [3.63, 3.8) is 0 Å². The molecule has 3 atom stereocenters. The largest absolute Gasteiger partial charge is 0.391 e. The zero-order valence-corrected chi connectivity index (χ0v) is 36.5. The van der Waals surface area contributed by atoms with Gasteiger partial charge in [-0.05, 0) is 59.9 Å². The van der Waals surface area contributed by atoms with Crippen LogP contribution in [0.2, 0.25) is 0 Å². The first-order valence-electron chi connectivity index (χ1n) is 20.0. The Labute approximate surface area is 367 Å². The van der Waals surface area contributed by atoms with Crippen molar-refractivity contribution in [2.24, 2.45) is 5.41 Å². The Kier molecular flexibility index (Phi) is 15.6. The minimum absolute atomic E-state index is 0.0364. The summed E-state index contributed by atoms with van der Waals surface area (Å²) in [6.45, 7) is 7.88. The number of rotatable bonds is 18. The Balaban J connectivity index is 0.872. The van der Waals surface area contributed by atoms with Gasteiger partial charge in [-0.25, -0.2) is 9.97 Å². The molecule has 1 aliphatic heterocycles. The number of nitrogens with one attached hydrogen (secondary N) is 4. The van der Waals surface area contributed by atoms with Gasteiger partial charge in [-0.3, -0.25) is 34.3 Å². The second-order valence-corrected chi connectivity index (χ2v) is 17.4. The second-order valence-electron chi connectivity index (χ2n) is 15.6. The highest BCUT2D eigenvalue weighted by Gasteiger charge is 2.44. The van der Waals surface area contributed by atoms with Crippen LogP contribution in [0.25, 0.3) is 21.8 Å². The fourth-order valence-corrected chi connectivity index (χ4v) is 8.12. The lowest BCUT2D eigenvalue weighted by atomic mass is 9.85. The predicted octanol–water partition coefficient (Wildman–Crippen LogP) is 4.46. The third-order valence-corrected chi connectivity index (χ3v) is 11.6. The number of thiazole rings is 2. The topological polar surface area (TPSA) is 214 Å². The van der Waals surface area contributed by atoms with Gasteiger partial charge in [0, 0.05) is 48.8 Å². The van der Waals surface area contributed by atoms with E-state index >= 15 is 0 Å². The molecule has 62 heavy (non-hydrogen) atoms. The van der Waals surface area contributed by atoms with Gasteiger partial charge in [-0.1, -0.05) is 51.1 Å². The molecule has 0 aliphatic carbocycles. The number of benzene rings is 2. The highest BCUT2D eigenvalue weighted by Crippen LogP contribution is 2.29. The van der Waals surface area contributed by atoms with Gasteiger partial charge in [0.05, 0.1) is 47.7 Å². The molecular weight excluding hydrogens is 833 g/mol. The third-order valence-electron chi connectivity index (χ3n) is 9.91. The van der Waals surface area contributed by atoms with Gasteiger partial charge in [0.2, 0.25) is 17.7 Å². The average Bonchev–Trinajstić information content (AvgIpc) is 4.02. The molecule has 0 radical (unpaired) electrons. The number of carbonyl (C=O) groups excluding carboxylic acids is 5. The van der Waals surface area contributed by atoms with Gasteiger partial charge >= 0.3 is 0 Å². The van der Waals surface area contributed by atoms with Crippen LogP contribution in [0.4, 0.5) is 5.13 Å². The van der Waals surface area contributed by atoms with Gasteiger partial charge < -0.3 is 35.4 Å². The van der Waals surface area contributed by atoms with Crippen molar-refractivity contribution in [1.82, 2.24) is 35.8 Å². The maximum atomic E-state index is 13.9. The molecule has 5 N–H and O–H groups in total. The molecule has 3 aromatic heterocycles. The lowest BCUT2D eigenvalue weighted by Gasteiger charge is -2.35. The molecule has 0 saturated carbocycles. The van der Waals surface area contributed by atoms with Gasteiger partial charge in [0.15, 0.2) is 5.13 Å². The van der Waals surface area contributed by atoms with Crippen LogP contribution in [0, 0.1) is 12.3 Å². The van der Waals surface area contributed by atoms with Gasteiger partial charge in [0.25, 0.3) is 11.8 Å². The van der Waals surface area contributed by atoms with E-state index in [1.165, 1.54) is 16.2 Å². The zero-order chi connectivity index (χ0) is 44.2. The van der Waals surface area contributed by atoms with E-state index in [4.69, 9.17) is 9.47 Å². The number of anilines is 1. The number of aryl methyl sites for hydroxylation is 1. The van der Waals surface area contributed by atoms with E-state index in [-0.39, 0.29) is 70.2 Å². The maximum absolute atomic E-state index is 13.9. The molecule has 1 saturated heterocycles. The van der Waals surface area contributed by atoms with Gasteiger partial charge in [0.1, 0.15) is 24.4 Å². The van der Waals surface area contributed by atoms with Crippen molar-refractivity contribution in [3.05, 3.63) is 106 Å². The first kappa shape index (κ1) is 45.6. The maximum Gasteiger partial charge on any atom is 0.257 e. The van der Waals surface area contributed by atoms with Crippen molar-refractivity contribution in [3.8, 4) is 21.8 Å². The average molecular weight is 883 g/mol. The van der Waals surface area contributed by atoms with Crippen LogP contribution in [0.5, 0.6) is 0 Å². The van der Waals surface area contributed by atoms with Crippen LogP contribution < -0.4 is 21.3 Å². The predicted molar refractivity (Wildman–Crippen MR) is 235 cm³/mol. The van der Waals surface area contributed by atoms with E-state index < -0.39 is 35.4 Å². The molecule has 1 aliphatic rings. The molecule has 1 fully saturated rings. The summed E-state index contributed by atoms with van der Waals surface area (Å²) in [6, 6.07) is 17.7. The Morgan fingerprint density at radius 3 is 2.27 bits per heavy atom. The lowest BCUT2D eigenvalue weighted by molar-refractivity contribution is -0.144. The summed E-state index contributed by atoms with van der Waals surface area (Å²) in [5, 5.41) is 24.0. The molecule has 0 spiro atoms. The monoisotopic (exact) mass is 882 g/mol. The summed E-state index contributed by atoms with van der Waals surface area (Å²) in [5.41, 5.74) is 6.06. The van der Waals surface area contributed by atoms with E-state index in [9.17, 15) is 29.1 Å². The number of hydrogen-bond acceptors (Lipinski definition) is 13. The van der Waals surface area contributed by atoms with Crippen LogP contribution in [-0.4, -0.2) is 112 Å². The van der Waals surface area contributed by atoms with Gasteiger partial charge in [-0.2, -0.15) is 0 Å². The summed E-state index contributed by atoms with van der Waals surface area (Å²) >= 11 is 2.85. The summed E-state index contributed by atoms with van der Waals surface area (Å²) in [4.78, 5) is 81.0. The van der Waals surface area contributed by atoms with E-state index in [0.717, 1.165) is 21.7 Å². The number of likely N-dealkylation sites (tertiary alicyclic amines) is 1. The number of carbonyl (C=O) groups is 5. The molecule has 6 rings (SSSR count). The number of nitrogens with zero attached hydrogens (tertiary/aromatic N) is 4. The fraction of sp³-hybridized carbons (Fsp3) is 0.364. The smallest absolute Gasteiger partial charge is 0.257 e. The lowest BCUT2D eigenvalue weighted by Crippen LogP contribution is -2.58. The van der Waals surface area contributed by atoms with E-state index in [1.54, 1.807) is 68.1 Å². The molecule has 5 amide bonds. The summed E-state index contributed by atoms with van der Waals surface area (Å²) in [6.07, 6.45) is 0.864. The number of aliphatic hydroxyl groups excluding tert-OH is 1. The van der Waals surface area contributed by atoms with Crippen LogP contribution in [-0.2, 0) is 30.4 Å². The van der Waals surface area contributed by atoms with Crippen molar-refractivity contribution in [2.45, 2.75) is 58.8 Å². The van der Waals surface area contributed by atoms with Crippen molar-refractivity contribution < 1.29 is 38.6 Å². The number of amides is 5. The Morgan fingerprint density at radius 2 is 1.60 bits per heavy atom. The molecular formula is C44H50N8O8S2. The molecule has 2 aromatic carbocycles. The number of aliphatic hydroxyl groups is 1. The second kappa shape index (κ2) is 21.2. The molecule has 0 bridgehead atoms. The number of pyridine rings is 1. The molecule has 5 aromatic rings. The summed E-state index contributed by atoms with van der Waals surface area (Å²) < 4.78 is 11.0. The molecule has 0 unspecified atom stereocenters. The summed E-state index contributed by atoms with van der Waals surface area (Å²) in [5.74, 6) is -2.08. The van der Waals surface area contributed by atoms with E-state index in [1.807, 2.05) is 54.8 Å². The van der Waals surface area contributed by atoms with E-state index in [0.29, 0.717) is 27.6 Å². The standard InChI is InChI=1S/C44H50N8O8S2/c1-27-37(62-26-48-27)29-10-8-28(9-11-29)22-47-41(57)35-21-32(53)23-52(35)42(58)38(44(2,3)4)50-36(54)24-60-20-19-59-18-17-46-39(55)30-12-14-31(15-13-30)40(56)51-43-49-34(25-61-43)33-7-5-6-16-45-33/h5-16,25-26,32,35,38,53H,17-24H2,1-4H3,(H,46,55)(H,47,57)(H,50,54)(H,49,51,56)/t32-,35+,38-/m1/s1. The molecule has 326 valence electrons.